The maximum Gasteiger partial charge on any atom is 0.401 e. The first-order valence-corrected chi connectivity index (χ1v) is 7.46. The molecule has 1 fully saturated rings. The summed E-state index contributed by atoms with van der Waals surface area (Å²) < 4.78 is 31.3. The third kappa shape index (κ3) is 2.48. The maximum absolute atomic E-state index is 13.1. The molecule has 0 spiro atoms. The molecule has 128 valence electrons. The highest BCUT2D eigenvalue weighted by Gasteiger charge is 2.41. The molecular formula is C16H10F2N2O5. The molecule has 2 aromatic rings. The third-order valence-corrected chi connectivity index (χ3v) is 3.92. The zero-order chi connectivity index (χ0) is 17.7. The van der Waals surface area contributed by atoms with Crippen LogP contribution in [0.4, 0.5) is 8.78 Å². The van der Waals surface area contributed by atoms with Gasteiger partial charge in [0.2, 0.25) is 5.76 Å². The molecule has 1 aromatic carbocycles. The summed E-state index contributed by atoms with van der Waals surface area (Å²) >= 11 is 0. The van der Waals surface area contributed by atoms with Gasteiger partial charge in [0.15, 0.2) is 11.6 Å². The Balaban J connectivity index is 1.61. The van der Waals surface area contributed by atoms with E-state index in [1.54, 1.807) is 12.1 Å². The second-order valence-corrected chi connectivity index (χ2v) is 5.67. The number of carbonyl (C=O) groups excluding carboxylic acids is 3. The highest BCUT2D eigenvalue weighted by molar-refractivity contribution is 6.21. The van der Waals surface area contributed by atoms with Gasteiger partial charge < -0.3 is 9.25 Å². The Morgan fingerprint density at radius 1 is 1.20 bits per heavy atom. The second-order valence-electron chi connectivity index (χ2n) is 5.67. The predicted molar refractivity (Wildman–Crippen MR) is 75.8 cm³/mol. The molecule has 0 unspecified atom stereocenters. The minimum absolute atomic E-state index is 0.0320. The van der Waals surface area contributed by atoms with E-state index in [-0.39, 0.29) is 28.0 Å². The topological polar surface area (TPSA) is 89.7 Å². The molecule has 2 heterocycles. The van der Waals surface area contributed by atoms with Gasteiger partial charge in [-0.25, -0.2) is 18.6 Å². The molecule has 1 aliphatic carbocycles. The predicted octanol–water partition coefficient (Wildman–Crippen LogP) is 2.86. The quantitative estimate of drug-likeness (QED) is 0.789. The van der Waals surface area contributed by atoms with Gasteiger partial charge in [-0.2, -0.15) is 0 Å². The fourth-order valence-electron chi connectivity index (χ4n) is 2.52. The highest BCUT2D eigenvalue weighted by atomic mass is 19.3. The lowest BCUT2D eigenvalue weighted by Gasteiger charge is -2.11. The number of fused-ring (bicyclic) bond motifs is 1. The Hall–Kier alpha value is -3.10. The Morgan fingerprint density at radius 3 is 2.32 bits per heavy atom. The van der Waals surface area contributed by atoms with Crippen LogP contribution in [0.25, 0.3) is 0 Å². The van der Waals surface area contributed by atoms with Crippen LogP contribution in [0, 0.1) is 0 Å². The molecule has 1 aromatic heterocycles. The zero-order valence-electron chi connectivity index (χ0n) is 12.6. The summed E-state index contributed by atoms with van der Waals surface area (Å²) in [5.74, 6) is -3.94. The number of alkyl halides is 2. The third-order valence-electron chi connectivity index (χ3n) is 3.92. The van der Waals surface area contributed by atoms with Gasteiger partial charge in [-0.05, 0) is 25.0 Å². The summed E-state index contributed by atoms with van der Waals surface area (Å²) in [4.78, 5) is 44.9. The average Bonchev–Trinajstić information content (AvgIpc) is 3.31. The van der Waals surface area contributed by atoms with Crippen LogP contribution in [-0.2, 0) is 4.84 Å². The maximum atomic E-state index is 13.1. The fraction of sp³-hybridized carbons (Fsp3) is 0.250. The van der Waals surface area contributed by atoms with Crippen LogP contribution in [0.3, 0.4) is 0 Å². The van der Waals surface area contributed by atoms with E-state index in [4.69, 9.17) is 9.25 Å². The Kier molecular flexibility index (Phi) is 3.38. The largest absolute Gasteiger partial charge is 0.433 e. The molecule has 2 amide bonds. The summed E-state index contributed by atoms with van der Waals surface area (Å²) in [5.41, 5.74) is -0.736. The zero-order valence-corrected chi connectivity index (χ0v) is 12.6. The van der Waals surface area contributed by atoms with E-state index >= 15 is 0 Å². The molecule has 0 N–H and O–H groups in total. The molecule has 1 saturated carbocycles. The van der Waals surface area contributed by atoms with Crippen molar-refractivity contribution in [2.24, 2.45) is 0 Å². The van der Waals surface area contributed by atoms with Gasteiger partial charge in [-0.15, -0.1) is 0 Å². The lowest BCUT2D eigenvalue weighted by Crippen LogP contribution is -2.32. The van der Waals surface area contributed by atoms with Gasteiger partial charge in [0, 0.05) is 5.92 Å². The van der Waals surface area contributed by atoms with Crippen molar-refractivity contribution in [1.82, 2.24) is 10.0 Å². The van der Waals surface area contributed by atoms with E-state index in [1.165, 1.54) is 12.1 Å². The van der Waals surface area contributed by atoms with E-state index < -0.39 is 35.7 Å². The molecule has 1 aliphatic heterocycles. The average molecular weight is 348 g/mol. The van der Waals surface area contributed by atoms with E-state index in [0.717, 1.165) is 12.8 Å². The number of hydroxylamine groups is 2. The van der Waals surface area contributed by atoms with E-state index in [0.29, 0.717) is 0 Å². The first-order valence-electron chi connectivity index (χ1n) is 7.46. The number of rotatable bonds is 4. The van der Waals surface area contributed by atoms with Crippen LogP contribution < -0.4 is 0 Å². The summed E-state index contributed by atoms with van der Waals surface area (Å²) in [6.07, 6.45) is -1.59. The summed E-state index contributed by atoms with van der Waals surface area (Å²) in [7, 11) is 0. The Labute approximate surface area is 139 Å². The lowest BCUT2D eigenvalue weighted by molar-refractivity contribution is -0.0607. The van der Waals surface area contributed by atoms with Crippen LogP contribution in [-0.4, -0.2) is 27.8 Å². The molecule has 25 heavy (non-hydrogen) atoms. The smallest absolute Gasteiger partial charge is 0.401 e. The first-order chi connectivity index (χ1) is 12.0. The standard InChI is InChI=1S/C16H10F2N2O5/c17-12(18)10-11(24-13(19-10)7-5-6-7)16(23)25-20-14(21)8-3-1-2-4-9(8)15(20)22/h1-4,7,12H,5-6H2. The van der Waals surface area contributed by atoms with Gasteiger partial charge in [-0.1, -0.05) is 17.2 Å². The molecule has 0 radical (unpaired) electrons. The number of imide groups is 1. The molecular weight excluding hydrogens is 338 g/mol. The van der Waals surface area contributed by atoms with Crippen molar-refractivity contribution in [3.8, 4) is 0 Å². The number of amides is 2. The van der Waals surface area contributed by atoms with Gasteiger partial charge in [-0.3, -0.25) is 9.59 Å². The number of oxazole rings is 1. The molecule has 4 rings (SSSR count). The van der Waals surface area contributed by atoms with Crippen molar-refractivity contribution in [2.75, 3.05) is 0 Å². The van der Waals surface area contributed by atoms with Crippen molar-refractivity contribution in [1.29, 1.82) is 0 Å². The number of aromatic nitrogens is 1. The van der Waals surface area contributed by atoms with Gasteiger partial charge in [0.05, 0.1) is 11.1 Å². The molecule has 2 aliphatic rings. The van der Waals surface area contributed by atoms with Crippen molar-refractivity contribution < 1.29 is 32.4 Å². The summed E-state index contributed by atoms with van der Waals surface area (Å²) in [5, 5.41) is 0.238. The second kappa shape index (κ2) is 5.47. The Morgan fingerprint density at radius 2 is 1.80 bits per heavy atom. The van der Waals surface area contributed by atoms with Crippen LogP contribution in [0.2, 0.25) is 0 Å². The van der Waals surface area contributed by atoms with Crippen LogP contribution >= 0.6 is 0 Å². The highest BCUT2D eigenvalue weighted by Crippen LogP contribution is 2.41. The molecule has 0 saturated heterocycles. The number of carbonyl (C=O) groups is 3. The van der Waals surface area contributed by atoms with E-state index in [2.05, 4.69) is 4.98 Å². The molecule has 0 atom stereocenters. The minimum Gasteiger partial charge on any atom is -0.433 e. The molecule has 0 bridgehead atoms. The van der Waals surface area contributed by atoms with Gasteiger partial charge in [0.25, 0.3) is 18.2 Å². The first kappa shape index (κ1) is 15.4. The van der Waals surface area contributed by atoms with Crippen LogP contribution in [0.5, 0.6) is 0 Å². The lowest BCUT2D eigenvalue weighted by atomic mass is 10.1. The van der Waals surface area contributed by atoms with Crippen molar-refractivity contribution in [3.63, 3.8) is 0 Å². The molecule has 7 nitrogen and oxygen atoms in total. The number of benzene rings is 1. The van der Waals surface area contributed by atoms with Crippen LogP contribution in [0.1, 0.15) is 68.0 Å². The summed E-state index contributed by atoms with van der Waals surface area (Å²) in [6, 6.07) is 5.88. The summed E-state index contributed by atoms with van der Waals surface area (Å²) in [6.45, 7) is 0. The van der Waals surface area contributed by atoms with Crippen molar-refractivity contribution >= 4 is 17.8 Å². The van der Waals surface area contributed by atoms with E-state index in [9.17, 15) is 23.2 Å². The number of nitrogens with zero attached hydrogens (tertiary/aromatic N) is 2. The van der Waals surface area contributed by atoms with Crippen molar-refractivity contribution in [2.45, 2.75) is 25.2 Å². The SMILES string of the molecule is O=C(ON1C(=O)c2ccccc2C1=O)c1oc(C2CC2)nc1C(F)F. The number of halogens is 2. The van der Waals surface area contributed by atoms with Crippen LogP contribution in [0.15, 0.2) is 28.7 Å². The van der Waals surface area contributed by atoms with Gasteiger partial charge >= 0.3 is 5.97 Å². The van der Waals surface area contributed by atoms with E-state index in [1.807, 2.05) is 0 Å². The fourth-order valence-corrected chi connectivity index (χ4v) is 2.52. The Bertz CT molecular complexity index is 869. The minimum atomic E-state index is -3.05. The number of hydrogen-bond donors (Lipinski definition) is 0. The number of hydrogen-bond acceptors (Lipinski definition) is 6. The van der Waals surface area contributed by atoms with Crippen molar-refractivity contribution in [3.05, 3.63) is 52.7 Å². The molecule has 9 heteroatoms. The monoisotopic (exact) mass is 348 g/mol. The van der Waals surface area contributed by atoms with Gasteiger partial charge in [0.1, 0.15) is 0 Å². The normalized spacial score (nSPS) is 16.5.